The van der Waals surface area contributed by atoms with E-state index in [2.05, 4.69) is 36.4 Å². The molecule has 0 radical (unpaired) electrons. The van der Waals surface area contributed by atoms with E-state index in [-0.39, 0.29) is 0 Å². The third-order valence-corrected chi connectivity index (χ3v) is 1.70. The van der Waals surface area contributed by atoms with Gasteiger partial charge in [0.2, 0.25) is 0 Å². The molecule has 14 heavy (non-hydrogen) atoms. The van der Waals surface area contributed by atoms with Crippen LogP contribution in [0.1, 0.15) is 20.8 Å². The predicted molar refractivity (Wildman–Crippen MR) is 60.7 cm³/mol. The van der Waals surface area contributed by atoms with Crippen molar-refractivity contribution >= 4 is 5.96 Å². The van der Waals surface area contributed by atoms with Gasteiger partial charge in [-0.2, -0.15) is 0 Å². The highest BCUT2D eigenvalue weighted by Gasteiger charge is 2.00. The molecule has 4 nitrogen and oxygen atoms in total. The molecule has 0 amide bonds. The fourth-order valence-electron chi connectivity index (χ4n) is 1.09. The second kappa shape index (κ2) is 8.81. The topological polar surface area (TPSA) is 45.7 Å². The molecule has 0 heterocycles. The smallest absolute Gasteiger partial charge is 0.191 e. The Balaban J connectivity index is 3.87. The minimum atomic E-state index is 0.465. The van der Waals surface area contributed by atoms with Gasteiger partial charge >= 0.3 is 0 Å². The van der Waals surface area contributed by atoms with Crippen molar-refractivity contribution in [2.75, 3.05) is 33.4 Å². The highest BCUT2D eigenvalue weighted by molar-refractivity contribution is 5.79. The molecule has 0 aromatic rings. The first-order valence-electron chi connectivity index (χ1n) is 5.25. The van der Waals surface area contributed by atoms with E-state index in [1.54, 1.807) is 7.11 Å². The third-order valence-electron chi connectivity index (χ3n) is 1.70. The molecule has 0 aliphatic carbocycles. The van der Waals surface area contributed by atoms with Crippen LogP contribution in [0, 0.1) is 5.92 Å². The number of rotatable bonds is 6. The van der Waals surface area contributed by atoms with Gasteiger partial charge in [0.25, 0.3) is 0 Å². The van der Waals surface area contributed by atoms with E-state index in [9.17, 15) is 0 Å². The number of aliphatic imine (C=N–C) groups is 1. The lowest BCUT2D eigenvalue weighted by Crippen LogP contribution is -2.37. The number of nitrogens with one attached hydrogen (secondary N) is 2. The lowest BCUT2D eigenvalue weighted by atomic mass is 10.2. The van der Waals surface area contributed by atoms with E-state index in [0.29, 0.717) is 5.92 Å². The van der Waals surface area contributed by atoms with Gasteiger partial charge in [0.1, 0.15) is 0 Å². The van der Waals surface area contributed by atoms with E-state index in [0.717, 1.165) is 32.2 Å². The van der Waals surface area contributed by atoms with Crippen molar-refractivity contribution < 1.29 is 4.74 Å². The van der Waals surface area contributed by atoms with Crippen molar-refractivity contribution in [2.45, 2.75) is 20.8 Å². The van der Waals surface area contributed by atoms with Gasteiger partial charge in [-0.05, 0) is 19.8 Å². The van der Waals surface area contributed by atoms with Crippen LogP contribution in [0.4, 0.5) is 0 Å². The van der Waals surface area contributed by atoms with E-state index < -0.39 is 0 Å². The molecule has 0 aromatic carbocycles. The number of hydrogen-bond acceptors (Lipinski definition) is 2. The number of ether oxygens (including phenoxy) is 1. The minimum absolute atomic E-state index is 0.465. The predicted octanol–water partition coefficient (Wildman–Crippen LogP) is 0.844. The van der Waals surface area contributed by atoms with E-state index >= 15 is 0 Å². The Morgan fingerprint density at radius 3 is 2.29 bits per heavy atom. The highest BCUT2D eigenvalue weighted by Crippen LogP contribution is 1.95. The summed E-state index contributed by atoms with van der Waals surface area (Å²) in [6.07, 6.45) is 0. The Morgan fingerprint density at radius 1 is 1.29 bits per heavy atom. The van der Waals surface area contributed by atoms with Gasteiger partial charge in [-0.1, -0.05) is 6.92 Å². The van der Waals surface area contributed by atoms with Crippen LogP contribution in [0.15, 0.2) is 4.99 Å². The molecule has 0 saturated heterocycles. The van der Waals surface area contributed by atoms with Crippen molar-refractivity contribution in [3.05, 3.63) is 0 Å². The molecule has 0 rings (SSSR count). The molecule has 2 N–H and O–H groups in total. The third kappa shape index (κ3) is 6.71. The molecule has 0 unspecified atom stereocenters. The zero-order valence-electron chi connectivity index (χ0n) is 9.76. The van der Waals surface area contributed by atoms with Crippen LogP contribution in [-0.2, 0) is 4.74 Å². The van der Waals surface area contributed by atoms with Crippen LogP contribution in [0.25, 0.3) is 0 Å². The summed E-state index contributed by atoms with van der Waals surface area (Å²) in [6, 6.07) is 0. The summed E-state index contributed by atoms with van der Waals surface area (Å²) in [5.74, 6) is 1.35. The molecule has 0 aliphatic heterocycles. The summed E-state index contributed by atoms with van der Waals surface area (Å²) < 4.78 is 5.05. The Morgan fingerprint density at radius 2 is 1.86 bits per heavy atom. The van der Waals surface area contributed by atoms with Crippen molar-refractivity contribution in [1.29, 1.82) is 0 Å². The Bertz CT molecular complexity index is 151. The zero-order chi connectivity index (χ0) is 10.8. The fourth-order valence-corrected chi connectivity index (χ4v) is 1.09. The standard InChI is InChI=1S/C10H23N3O/c1-5-11-10(12-6-2)13-7-9(3)8-14-4/h9H,5-8H2,1-4H3,(H2,11,12,13)/t9-/m0/s1. The molecule has 0 bridgehead atoms. The van der Waals surface area contributed by atoms with Gasteiger partial charge in [-0.15, -0.1) is 0 Å². The second-order valence-electron chi connectivity index (χ2n) is 3.31. The maximum atomic E-state index is 5.05. The molecule has 4 heteroatoms. The minimum Gasteiger partial charge on any atom is -0.384 e. The van der Waals surface area contributed by atoms with Gasteiger partial charge in [-0.25, -0.2) is 0 Å². The summed E-state index contributed by atoms with van der Waals surface area (Å²) in [5, 5.41) is 6.36. The van der Waals surface area contributed by atoms with Gasteiger partial charge in [0, 0.05) is 26.7 Å². The number of methoxy groups -OCH3 is 1. The highest BCUT2D eigenvalue weighted by atomic mass is 16.5. The first-order valence-corrected chi connectivity index (χ1v) is 5.25. The molecule has 0 fully saturated rings. The number of hydrogen-bond donors (Lipinski definition) is 2. The summed E-state index contributed by atoms with van der Waals surface area (Å²) in [7, 11) is 1.72. The SMILES string of the molecule is CCNC(=NC[C@H](C)COC)NCC. The molecule has 0 aliphatic rings. The summed E-state index contributed by atoms with van der Waals surface area (Å²) in [5.41, 5.74) is 0. The lowest BCUT2D eigenvalue weighted by Gasteiger charge is -2.11. The van der Waals surface area contributed by atoms with Crippen molar-refractivity contribution in [3.63, 3.8) is 0 Å². The van der Waals surface area contributed by atoms with Crippen LogP contribution >= 0.6 is 0 Å². The van der Waals surface area contributed by atoms with E-state index in [1.165, 1.54) is 0 Å². The molecular weight excluding hydrogens is 178 g/mol. The average molecular weight is 201 g/mol. The summed E-state index contributed by atoms with van der Waals surface area (Å²) >= 11 is 0. The number of nitrogens with zero attached hydrogens (tertiary/aromatic N) is 1. The van der Waals surface area contributed by atoms with E-state index in [1.807, 2.05) is 0 Å². The van der Waals surface area contributed by atoms with Crippen LogP contribution in [0.3, 0.4) is 0 Å². The van der Waals surface area contributed by atoms with Crippen molar-refractivity contribution in [1.82, 2.24) is 10.6 Å². The van der Waals surface area contributed by atoms with Crippen LogP contribution in [0.5, 0.6) is 0 Å². The Kier molecular flexibility index (Phi) is 8.33. The first-order chi connectivity index (χ1) is 6.74. The molecule has 0 aromatic heterocycles. The summed E-state index contributed by atoms with van der Waals surface area (Å²) in [6.45, 7) is 9.59. The van der Waals surface area contributed by atoms with Crippen molar-refractivity contribution in [3.8, 4) is 0 Å². The van der Waals surface area contributed by atoms with Crippen LogP contribution < -0.4 is 10.6 Å². The van der Waals surface area contributed by atoms with Crippen LogP contribution in [0.2, 0.25) is 0 Å². The monoisotopic (exact) mass is 201 g/mol. The second-order valence-corrected chi connectivity index (χ2v) is 3.31. The fraction of sp³-hybridized carbons (Fsp3) is 0.900. The lowest BCUT2D eigenvalue weighted by molar-refractivity contribution is 0.163. The number of guanidine groups is 1. The molecular formula is C10H23N3O. The molecule has 1 atom stereocenters. The first kappa shape index (κ1) is 13.2. The molecule has 0 spiro atoms. The maximum Gasteiger partial charge on any atom is 0.191 e. The van der Waals surface area contributed by atoms with Gasteiger partial charge < -0.3 is 15.4 Å². The van der Waals surface area contributed by atoms with Gasteiger partial charge in [-0.3, -0.25) is 4.99 Å². The normalized spacial score (nSPS) is 12.0. The maximum absolute atomic E-state index is 5.05. The zero-order valence-corrected chi connectivity index (χ0v) is 9.76. The molecule has 84 valence electrons. The Hall–Kier alpha value is -0.770. The molecule has 0 saturated carbocycles. The average Bonchev–Trinajstić information content (AvgIpc) is 2.15. The quantitative estimate of drug-likeness (QED) is 0.494. The van der Waals surface area contributed by atoms with E-state index in [4.69, 9.17) is 4.74 Å². The van der Waals surface area contributed by atoms with Crippen LogP contribution in [-0.4, -0.2) is 39.3 Å². The largest absolute Gasteiger partial charge is 0.384 e. The van der Waals surface area contributed by atoms with Gasteiger partial charge in [0.05, 0.1) is 6.61 Å². The Labute approximate surface area is 87.1 Å². The van der Waals surface area contributed by atoms with Crippen molar-refractivity contribution in [2.24, 2.45) is 10.9 Å². The van der Waals surface area contributed by atoms with Gasteiger partial charge in [0.15, 0.2) is 5.96 Å². The summed E-state index contributed by atoms with van der Waals surface area (Å²) in [4.78, 5) is 4.44.